The molecular formula is C13H15NO. The molecule has 15 heavy (non-hydrogen) atoms. The molecule has 1 fully saturated rings. The van der Waals surface area contributed by atoms with Crippen molar-refractivity contribution in [2.45, 2.75) is 25.7 Å². The van der Waals surface area contributed by atoms with Crippen LogP contribution in [-0.4, -0.2) is 6.41 Å². The van der Waals surface area contributed by atoms with E-state index in [0.717, 1.165) is 5.92 Å². The van der Waals surface area contributed by atoms with Crippen LogP contribution in [0.1, 0.15) is 35.4 Å². The summed E-state index contributed by atoms with van der Waals surface area (Å²) in [6, 6.07) is 6.57. The number of aryl methyl sites for hydroxylation is 1. The highest BCUT2D eigenvalue weighted by Gasteiger charge is 2.23. The number of amides is 1. The number of rotatable bonds is 4. The predicted octanol–water partition coefficient (Wildman–Crippen LogP) is 2.59. The van der Waals surface area contributed by atoms with E-state index in [1.54, 1.807) is 6.20 Å². The van der Waals surface area contributed by atoms with E-state index < -0.39 is 0 Å². The van der Waals surface area contributed by atoms with Crippen molar-refractivity contribution < 1.29 is 4.79 Å². The monoisotopic (exact) mass is 201 g/mol. The van der Waals surface area contributed by atoms with Crippen molar-refractivity contribution in [2.24, 2.45) is 0 Å². The zero-order chi connectivity index (χ0) is 10.7. The highest BCUT2D eigenvalue weighted by molar-refractivity contribution is 5.58. The normalized spacial score (nSPS) is 15.5. The number of hydrogen-bond donors (Lipinski definition) is 1. The first-order valence-corrected chi connectivity index (χ1v) is 5.28. The fourth-order valence-electron chi connectivity index (χ4n) is 1.69. The van der Waals surface area contributed by atoms with E-state index >= 15 is 0 Å². The minimum absolute atomic E-state index is 0.677. The molecule has 1 aromatic carbocycles. The van der Waals surface area contributed by atoms with Crippen LogP contribution in [0.3, 0.4) is 0 Å². The molecule has 1 aliphatic carbocycles. The standard InChI is InChI=1S/C13H15NO/c1-10-2-3-13(11-4-5-11)8-12(10)6-7-14-9-15/h2-3,6-9,11H,4-5H2,1H3,(H,14,15)/b7-6-. The average molecular weight is 201 g/mol. The third kappa shape index (κ3) is 2.46. The molecule has 0 atom stereocenters. The molecule has 0 unspecified atom stereocenters. The van der Waals surface area contributed by atoms with Crippen molar-refractivity contribution in [1.29, 1.82) is 0 Å². The quantitative estimate of drug-likeness (QED) is 0.745. The molecule has 0 spiro atoms. The zero-order valence-corrected chi connectivity index (χ0v) is 8.86. The Balaban J connectivity index is 2.19. The number of benzene rings is 1. The second kappa shape index (κ2) is 4.30. The van der Waals surface area contributed by atoms with E-state index in [1.165, 1.54) is 29.5 Å². The minimum atomic E-state index is 0.677. The average Bonchev–Trinajstić information content (AvgIpc) is 3.05. The maximum Gasteiger partial charge on any atom is 0.211 e. The smallest absolute Gasteiger partial charge is 0.211 e. The van der Waals surface area contributed by atoms with Gasteiger partial charge in [-0.05, 0) is 48.4 Å². The molecule has 1 aromatic rings. The summed E-state index contributed by atoms with van der Waals surface area (Å²) in [5.74, 6) is 0.775. The van der Waals surface area contributed by atoms with Crippen molar-refractivity contribution in [3.63, 3.8) is 0 Å². The Morgan fingerprint density at radius 1 is 1.40 bits per heavy atom. The number of hydrogen-bond acceptors (Lipinski definition) is 1. The lowest BCUT2D eigenvalue weighted by Crippen LogP contribution is -1.98. The van der Waals surface area contributed by atoms with Crippen LogP contribution in [0.2, 0.25) is 0 Å². The van der Waals surface area contributed by atoms with Crippen LogP contribution in [0.4, 0.5) is 0 Å². The van der Waals surface area contributed by atoms with Crippen LogP contribution >= 0.6 is 0 Å². The Bertz CT molecular complexity index is 392. The Morgan fingerprint density at radius 3 is 2.87 bits per heavy atom. The van der Waals surface area contributed by atoms with Gasteiger partial charge in [0.1, 0.15) is 0 Å². The van der Waals surface area contributed by atoms with Crippen molar-refractivity contribution in [2.75, 3.05) is 0 Å². The van der Waals surface area contributed by atoms with Gasteiger partial charge in [-0.1, -0.05) is 18.2 Å². The van der Waals surface area contributed by atoms with Crippen molar-refractivity contribution >= 4 is 12.5 Å². The lowest BCUT2D eigenvalue weighted by atomic mass is 10.0. The van der Waals surface area contributed by atoms with Crippen molar-refractivity contribution in [3.05, 3.63) is 41.1 Å². The van der Waals surface area contributed by atoms with Gasteiger partial charge in [-0.3, -0.25) is 4.79 Å². The van der Waals surface area contributed by atoms with Gasteiger partial charge in [0.2, 0.25) is 6.41 Å². The second-order valence-electron chi connectivity index (χ2n) is 4.01. The van der Waals surface area contributed by atoms with E-state index in [2.05, 4.69) is 30.4 Å². The Kier molecular flexibility index (Phi) is 2.86. The van der Waals surface area contributed by atoms with E-state index in [-0.39, 0.29) is 0 Å². The van der Waals surface area contributed by atoms with E-state index in [9.17, 15) is 4.79 Å². The topological polar surface area (TPSA) is 29.1 Å². The molecule has 0 bridgehead atoms. The van der Waals surface area contributed by atoms with Crippen LogP contribution in [-0.2, 0) is 4.79 Å². The van der Waals surface area contributed by atoms with Gasteiger partial charge in [-0.2, -0.15) is 0 Å². The van der Waals surface area contributed by atoms with Crippen molar-refractivity contribution in [1.82, 2.24) is 5.32 Å². The number of nitrogens with one attached hydrogen (secondary N) is 1. The second-order valence-corrected chi connectivity index (χ2v) is 4.01. The lowest BCUT2D eigenvalue weighted by Gasteiger charge is -2.04. The van der Waals surface area contributed by atoms with E-state index in [4.69, 9.17) is 0 Å². The molecule has 0 aromatic heterocycles. The summed E-state index contributed by atoms with van der Waals surface area (Å²) in [7, 11) is 0. The van der Waals surface area contributed by atoms with Gasteiger partial charge in [0.05, 0.1) is 0 Å². The summed E-state index contributed by atoms with van der Waals surface area (Å²) in [6.45, 7) is 2.08. The van der Waals surface area contributed by atoms with Crippen molar-refractivity contribution in [3.8, 4) is 0 Å². The van der Waals surface area contributed by atoms with Gasteiger partial charge < -0.3 is 5.32 Å². The van der Waals surface area contributed by atoms with E-state index in [0.29, 0.717) is 6.41 Å². The van der Waals surface area contributed by atoms with Crippen LogP contribution in [0.25, 0.3) is 6.08 Å². The van der Waals surface area contributed by atoms with Crippen LogP contribution in [0.15, 0.2) is 24.4 Å². The summed E-state index contributed by atoms with van der Waals surface area (Å²) < 4.78 is 0. The summed E-state index contributed by atoms with van der Waals surface area (Å²) in [5, 5.41) is 2.53. The molecule has 1 N–H and O–H groups in total. The lowest BCUT2D eigenvalue weighted by molar-refractivity contribution is -0.108. The van der Waals surface area contributed by atoms with Crippen LogP contribution in [0.5, 0.6) is 0 Å². The first-order valence-electron chi connectivity index (χ1n) is 5.28. The van der Waals surface area contributed by atoms with Gasteiger partial charge in [0.15, 0.2) is 0 Å². The fraction of sp³-hybridized carbons (Fsp3) is 0.308. The highest BCUT2D eigenvalue weighted by Crippen LogP contribution is 2.40. The first kappa shape index (κ1) is 9.97. The third-order valence-electron chi connectivity index (χ3n) is 2.78. The molecular weight excluding hydrogens is 186 g/mol. The van der Waals surface area contributed by atoms with Crippen LogP contribution in [0, 0.1) is 6.92 Å². The highest BCUT2D eigenvalue weighted by atomic mass is 16.1. The Morgan fingerprint density at radius 2 is 2.20 bits per heavy atom. The summed E-state index contributed by atoms with van der Waals surface area (Å²) in [5.41, 5.74) is 3.85. The number of carbonyl (C=O) groups excluding carboxylic acids is 1. The summed E-state index contributed by atoms with van der Waals surface area (Å²) in [6.07, 6.45) is 6.93. The van der Waals surface area contributed by atoms with Gasteiger partial charge in [0, 0.05) is 6.20 Å². The largest absolute Gasteiger partial charge is 0.335 e. The minimum Gasteiger partial charge on any atom is -0.335 e. The first-order chi connectivity index (χ1) is 7.31. The van der Waals surface area contributed by atoms with E-state index in [1.807, 2.05) is 6.08 Å². The zero-order valence-electron chi connectivity index (χ0n) is 8.86. The molecule has 1 saturated carbocycles. The molecule has 2 nitrogen and oxygen atoms in total. The summed E-state index contributed by atoms with van der Waals surface area (Å²) in [4.78, 5) is 10.1. The fourth-order valence-corrected chi connectivity index (χ4v) is 1.69. The Labute approximate surface area is 90.0 Å². The maximum atomic E-state index is 10.1. The molecule has 0 heterocycles. The number of carbonyl (C=O) groups is 1. The van der Waals surface area contributed by atoms with Gasteiger partial charge in [-0.25, -0.2) is 0 Å². The molecule has 0 aliphatic heterocycles. The molecule has 0 saturated heterocycles. The third-order valence-corrected chi connectivity index (χ3v) is 2.78. The molecule has 0 radical (unpaired) electrons. The molecule has 2 heteroatoms. The molecule has 78 valence electrons. The summed E-state index contributed by atoms with van der Waals surface area (Å²) >= 11 is 0. The molecule has 2 rings (SSSR count). The SMILES string of the molecule is Cc1ccc(C2CC2)cc1/C=C\NC=O. The van der Waals surface area contributed by atoms with Gasteiger partial charge in [-0.15, -0.1) is 0 Å². The molecule has 1 amide bonds. The maximum absolute atomic E-state index is 10.1. The molecule has 1 aliphatic rings. The predicted molar refractivity (Wildman–Crippen MR) is 61.4 cm³/mol. The Hall–Kier alpha value is -1.57. The van der Waals surface area contributed by atoms with Gasteiger partial charge >= 0.3 is 0 Å². The van der Waals surface area contributed by atoms with Gasteiger partial charge in [0.25, 0.3) is 0 Å². The van der Waals surface area contributed by atoms with Crippen LogP contribution < -0.4 is 5.32 Å².